The maximum atomic E-state index is 2.36. The Morgan fingerprint density at radius 1 is 1.08 bits per heavy atom. The van der Waals surface area contributed by atoms with Crippen LogP contribution in [0.3, 0.4) is 0 Å². The lowest BCUT2D eigenvalue weighted by Gasteiger charge is -2.20. The maximum absolute atomic E-state index is 2.36. The summed E-state index contributed by atoms with van der Waals surface area (Å²) in [6, 6.07) is 8.90. The van der Waals surface area contributed by atoms with E-state index in [2.05, 4.69) is 49.7 Å². The Hall–Kier alpha value is -0.550. The van der Waals surface area contributed by atoms with Crippen molar-refractivity contribution in [1.82, 2.24) is 0 Å². The van der Waals surface area contributed by atoms with Crippen LogP contribution < -0.4 is 10.2 Å². The highest BCUT2D eigenvalue weighted by atomic mass is 31.1. The predicted molar refractivity (Wildman–Crippen MR) is 63.9 cm³/mol. The molecule has 1 nitrogen and oxygen atoms in total. The Morgan fingerprint density at radius 2 is 1.62 bits per heavy atom. The van der Waals surface area contributed by atoms with E-state index in [1.54, 1.807) is 0 Å². The third-order valence-electron chi connectivity index (χ3n) is 2.28. The second-order valence-electron chi connectivity index (χ2n) is 2.97. The van der Waals surface area contributed by atoms with Crippen molar-refractivity contribution < 1.29 is 0 Å². The molecule has 2 heteroatoms. The molecule has 0 aliphatic heterocycles. The molecule has 1 unspecified atom stereocenters. The molecule has 13 heavy (non-hydrogen) atoms. The molecule has 1 rings (SSSR count). The van der Waals surface area contributed by atoms with Gasteiger partial charge >= 0.3 is 0 Å². The molecule has 0 heterocycles. The average Bonchev–Trinajstić information content (AvgIpc) is 2.21. The fourth-order valence-corrected chi connectivity index (χ4v) is 1.93. The van der Waals surface area contributed by atoms with Gasteiger partial charge < -0.3 is 4.90 Å². The highest BCUT2D eigenvalue weighted by Gasteiger charge is 1.99. The first-order valence-corrected chi connectivity index (χ1v) is 6.34. The molecule has 0 saturated carbocycles. The lowest BCUT2D eigenvalue weighted by atomic mass is 10.3. The standard InChI is InChI=1S/C11H18NP/c1-4-12(5-2)10-6-8-11(13-3)9-7-10/h6-9,13H,4-5H2,1-3H3. The molecule has 0 aromatic heterocycles. The van der Waals surface area contributed by atoms with Gasteiger partial charge in [0.25, 0.3) is 0 Å². The van der Waals surface area contributed by atoms with Crippen molar-refractivity contribution in [1.29, 1.82) is 0 Å². The van der Waals surface area contributed by atoms with E-state index in [0.717, 1.165) is 21.7 Å². The molecule has 0 bridgehead atoms. The molecule has 0 aliphatic carbocycles. The minimum atomic E-state index is 0.903. The van der Waals surface area contributed by atoms with E-state index < -0.39 is 0 Å². The first-order chi connectivity index (χ1) is 6.31. The zero-order valence-corrected chi connectivity index (χ0v) is 9.67. The first kappa shape index (κ1) is 10.5. The van der Waals surface area contributed by atoms with Gasteiger partial charge in [0.2, 0.25) is 0 Å². The molecule has 0 amide bonds. The van der Waals surface area contributed by atoms with Crippen LogP contribution in [0.5, 0.6) is 0 Å². The number of hydrogen-bond donors (Lipinski definition) is 0. The van der Waals surface area contributed by atoms with Crippen molar-refractivity contribution in [2.75, 3.05) is 24.7 Å². The number of anilines is 1. The van der Waals surface area contributed by atoms with Crippen LogP contribution in [0.4, 0.5) is 5.69 Å². The van der Waals surface area contributed by atoms with Gasteiger partial charge in [-0.15, -0.1) is 0 Å². The predicted octanol–water partition coefficient (Wildman–Crippen LogP) is 2.47. The summed E-state index contributed by atoms with van der Waals surface area (Å²) < 4.78 is 0. The van der Waals surface area contributed by atoms with Crippen LogP contribution >= 0.6 is 8.58 Å². The summed E-state index contributed by atoms with van der Waals surface area (Å²) in [6.45, 7) is 8.78. The lowest BCUT2D eigenvalue weighted by Crippen LogP contribution is -2.21. The molecule has 1 atom stereocenters. The van der Waals surface area contributed by atoms with Crippen LogP contribution in [-0.4, -0.2) is 19.8 Å². The van der Waals surface area contributed by atoms with E-state index in [1.807, 2.05) is 0 Å². The van der Waals surface area contributed by atoms with Gasteiger partial charge in [0, 0.05) is 18.8 Å². The van der Waals surface area contributed by atoms with E-state index in [9.17, 15) is 0 Å². The molecule has 0 aliphatic rings. The van der Waals surface area contributed by atoms with Crippen molar-refractivity contribution in [3.8, 4) is 0 Å². The highest BCUT2D eigenvalue weighted by molar-refractivity contribution is 7.46. The zero-order chi connectivity index (χ0) is 9.68. The fraction of sp³-hybridized carbons (Fsp3) is 0.455. The summed E-state index contributed by atoms with van der Waals surface area (Å²) in [4.78, 5) is 2.36. The van der Waals surface area contributed by atoms with Crippen LogP contribution in [0.25, 0.3) is 0 Å². The van der Waals surface area contributed by atoms with Crippen LogP contribution in [0.15, 0.2) is 24.3 Å². The SMILES string of the molecule is CCN(CC)c1ccc(PC)cc1. The molecular weight excluding hydrogens is 177 g/mol. The van der Waals surface area contributed by atoms with E-state index in [1.165, 1.54) is 11.0 Å². The Bertz CT molecular complexity index is 239. The van der Waals surface area contributed by atoms with Gasteiger partial charge in [-0.2, -0.15) is 0 Å². The topological polar surface area (TPSA) is 3.24 Å². The Kier molecular flexibility index (Phi) is 4.24. The van der Waals surface area contributed by atoms with E-state index in [-0.39, 0.29) is 0 Å². The van der Waals surface area contributed by atoms with Crippen molar-refractivity contribution in [3.63, 3.8) is 0 Å². The summed E-state index contributed by atoms with van der Waals surface area (Å²) in [5, 5.41) is 1.44. The minimum absolute atomic E-state index is 0.903. The Labute approximate surface area is 82.9 Å². The average molecular weight is 195 g/mol. The molecule has 0 N–H and O–H groups in total. The molecule has 1 aromatic rings. The second-order valence-corrected chi connectivity index (χ2v) is 4.05. The van der Waals surface area contributed by atoms with Crippen LogP contribution in [0.2, 0.25) is 0 Å². The smallest absolute Gasteiger partial charge is 0.0366 e. The molecule has 0 spiro atoms. The van der Waals surface area contributed by atoms with Gasteiger partial charge in [0.1, 0.15) is 0 Å². The van der Waals surface area contributed by atoms with Crippen LogP contribution in [-0.2, 0) is 0 Å². The third-order valence-corrected chi connectivity index (χ3v) is 3.20. The summed E-state index contributed by atoms with van der Waals surface area (Å²) in [7, 11) is 0.903. The normalized spacial score (nSPS) is 11.0. The van der Waals surface area contributed by atoms with Gasteiger partial charge in [0.05, 0.1) is 0 Å². The largest absolute Gasteiger partial charge is 0.372 e. The van der Waals surface area contributed by atoms with Gasteiger partial charge in [-0.3, -0.25) is 0 Å². The Balaban J connectivity index is 2.78. The molecule has 0 radical (unpaired) electrons. The number of nitrogens with zero attached hydrogens (tertiary/aromatic N) is 1. The van der Waals surface area contributed by atoms with Crippen molar-refractivity contribution in [3.05, 3.63) is 24.3 Å². The van der Waals surface area contributed by atoms with Gasteiger partial charge in [-0.25, -0.2) is 0 Å². The third kappa shape index (κ3) is 2.70. The van der Waals surface area contributed by atoms with Crippen LogP contribution in [0.1, 0.15) is 13.8 Å². The summed E-state index contributed by atoms with van der Waals surface area (Å²) in [5.41, 5.74) is 1.34. The van der Waals surface area contributed by atoms with Crippen molar-refractivity contribution in [2.45, 2.75) is 13.8 Å². The van der Waals surface area contributed by atoms with Gasteiger partial charge in [-0.05, 0) is 37.9 Å². The summed E-state index contributed by atoms with van der Waals surface area (Å²) in [6.07, 6.45) is 0. The monoisotopic (exact) mass is 195 g/mol. The maximum Gasteiger partial charge on any atom is 0.0366 e. The highest BCUT2D eigenvalue weighted by Crippen LogP contribution is 2.14. The Morgan fingerprint density at radius 3 is 2.00 bits per heavy atom. The van der Waals surface area contributed by atoms with E-state index >= 15 is 0 Å². The lowest BCUT2D eigenvalue weighted by molar-refractivity contribution is 0.866. The molecule has 72 valence electrons. The van der Waals surface area contributed by atoms with E-state index in [4.69, 9.17) is 0 Å². The first-order valence-electron chi connectivity index (χ1n) is 4.84. The van der Waals surface area contributed by atoms with Crippen molar-refractivity contribution >= 4 is 19.6 Å². The van der Waals surface area contributed by atoms with Gasteiger partial charge in [0.15, 0.2) is 0 Å². The summed E-state index contributed by atoms with van der Waals surface area (Å²) >= 11 is 0. The number of benzene rings is 1. The molecule has 0 fully saturated rings. The second kappa shape index (κ2) is 5.24. The summed E-state index contributed by atoms with van der Waals surface area (Å²) in [5.74, 6) is 0. The zero-order valence-electron chi connectivity index (χ0n) is 8.67. The molecular formula is C11H18NP. The molecule has 1 aromatic carbocycles. The van der Waals surface area contributed by atoms with Crippen molar-refractivity contribution in [2.24, 2.45) is 0 Å². The number of rotatable bonds is 4. The number of hydrogen-bond acceptors (Lipinski definition) is 1. The molecule has 0 saturated heterocycles. The minimum Gasteiger partial charge on any atom is -0.372 e. The van der Waals surface area contributed by atoms with Crippen LogP contribution in [0, 0.1) is 0 Å². The van der Waals surface area contributed by atoms with Gasteiger partial charge in [-0.1, -0.05) is 20.7 Å². The quantitative estimate of drug-likeness (QED) is 0.667. The van der Waals surface area contributed by atoms with E-state index in [0.29, 0.717) is 0 Å². The fourth-order valence-electron chi connectivity index (χ4n) is 1.43.